The van der Waals surface area contributed by atoms with Gasteiger partial charge in [0, 0.05) is 31.4 Å². The number of benzene rings is 1. The number of piperidine rings is 1. The van der Waals surface area contributed by atoms with Crippen LogP contribution in [0.4, 0.5) is 9.18 Å². The first-order valence-corrected chi connectivity index (χ1v) is 10.3. The lowest BCUT2D eigenvalue weighted by atomic mass is 9.97. The quantitative estimate of drug-likeness (QED) is 0.679. The van der Waals surface area contributed by atoms with Gasteiger partial charge in [0.25, 0.3) is 0 Å². The van der Waals surface area contributed by atoms with E-state index >= 15 is 0 Å². The number of hydrogen-bond acceptors (Lipinski definition) is 6. The molecule has 1 saturated heterocycles. The van der Waals surface area contributed by atoms with Gasteiger partial charge in [0.05, 0.1) is 23.6 Å². The molecule has 1 aromatic carbocycles. The molecule has 8 nitrogen and oxygen atoms in total. The molecule has 0 radical (unpaired) electrons. The Morgan fingerprint density at radius 1 is 1.26 bits per heavy atom. The van der Waals surface area contributed by atoms with Crippen molar-refractivity contribution in [2.75, 3.05) is 13.1 Å². The number of nitrogens with zero attached hydrogens (tertiary/aromatic N) is 5. The molecule has 2 aromatic heterocycles. The maximum absolute atomic E-state index is 14.0. The number of fused-ring (bicyclic) bond motifs is 1. The van der Waals surface area contributed by atoms with Gasteiger partial charge in [-0.15, -0.1) is 0 Å². The van der Waals surface area contributed by atoms with Gasteiger partial charge >= 0.3 is 6.09 Å². The molecule has 3 aromatic rings. The van der Waals surface area contributed by atoms with Crippen LogP contribution in [-0.4, -0.2) is 54.5 Å². The van der Waals surface area contributed by atoms with Crippen molar-refractivity contribution < 1.29 is 19.0 Å². The zero-order valence-electron chi connectivity index (χ0n) is 17.9. The number of likely N-dealkylation sites (tertiary alicyclic amines) is 1. The Labute approximate surface area is 179 Å². The van der Waals surface area contributed by atoms with E-state index < -0.39 is 17.2 Å². The van der Waals surface area contributed by atoms with E-state index in [0.717, 1.165) is 24.9 Å². The van der Waals surface area contributed by atoms with Gasteiger partial charge in [-0.2, -0.15) is 5.10 Å². The normalized spacial score (nSPS) is 15.4. The highest BCUT2D eigenvalue weighted by molar-refractivity contribution is 5.79. The monoisotopic (exact) mass is 427 g/mol. The van der Waals surface area contributed by atoms with Crippen LogP contribution in [0.15, 0.2) is 30.7 Å². The van der Waals surface area contributed by atoms with E-state index in [1.165, 1.54) is 18.3 Å². The van der Waals surface area contributed by atoms with E-state index in [9.17, 15) is 14.3 Å². The van der Waals surface area contributed by atoms with E-state index in [1.54, 1.807) is 11.1 Å². The largest absolute Gasteiger partial charge is 0.505 e. The van der Waals surface area contributed by atoms with Crippen molar-refractivity contribution >= 4 is 17.1 Å². The van der Waals surface area contributed by atoms with E-state index in [4.69, 9.17) is 4.74 Å². The first kappa shape index (κ1) is 21.0. The number of rotatable bonds is 3. The minimum absolute atomic E-state index is 0.0351. The third-order valence-corrected chi connectivity index (χ3v) is 5.27. The average Bonchev–Trinajstić information content (AvgIpc) is 3.18. The second kappa shape index (κ2) is 8.13. The van der Waals surface area contributed by atoms with E-state index in [0.29, 0.717) is 30.2 Å². The molecule has 0 bridgehead atoms. The van der Waals surface area contributed by atoms with Crippen molar-refractivity contribution in [1.82, 2.24) is 24.6 Å². The highest BCUT2D eigenvalue weighted by atomic mass is 19.1. The summed E-state index contributed by atoms with van der Waals surface area (Å²) in [5, 5.41) is 13.9. The Morgan fingerprint density at radius 3 is 2.71 bits per heavy atom. The zero-order chi connectivity index (χ0) is 22.2. The number of carbonyl (C=O) groups excluding carboxylic acids is 1. The fourth-order valence-electron chi connectivity index (χ4n) is 3.66. The molecule has 1 aliphatic rings. The highest BCUT2D eigenvalue weighted by Gasteiger charge is 2.27. The maximum Gasteiger partial charge on any atom is 0.410 e. The van der Waals surface area contributed by atoms with Crippen molar-refractivity contribution in [2.45, 2.75) is 45.8 Å². The Balaban J connectivity index is 1.38. The molecule has 0 atom stereocenters. The molecule has 4 rings (SSSR count). The van der Waals surface area contributed by atoms with Crippen LogP contribution in [0.2, 0.25) is 0 Å². The summed E-state index contributed by atoms with van der Waals surface area (Å²) in [5.41, 5.74) is 1.29. The summed E-state index contributed by atoms with van der Waals surface area (Å²) >= 11 is 0. The van der Waals surface area contributed by atoms with Gasteiger partial charge in [-0.05, 0) is 51.7 Å². The topological polar surface area (TPSA) is 93.4 Å². The molecule has 0 aliphatic carbocycles. The number of carbonyl (C=O) groups is 1. The lowest BCUT2D eigenvalue weighted by Crippen LogP contribution is -2.42. The van der Waals surface area contributed by atoms with Crippen LogP contribution < -0.4 is 0 Å². The van der Waals surface area contributed by atoms with Crippen molar-refractivity contribution in [2.24, 2.45) is 5.92 Å². The number of halogens is 1. The average molecular weight is 427 g/mol. The molecule has 0 saturated carbocycles. The van der Waals surface area contributed by atoms with Gasteiger partial charge < -0.3 is 14.7 Å². The number of phenolic OH excluding ortho intramolecular Hbond substituents is 1. The van der Waals surface area contributed by atoms with Crippen LogP contribution >= 0.6 is 0 Å². The van der Waals surface area contributed by atoms with Gasteiger partial charge in [0.15, 0.2) is 11.6 Å². The SMILES string of the molecule is CC(C)(C)OC(=O)N1CCC(Cn2cc(-c3cnc4c(F)c(O)ccc4n3)cn2)CC1. The molecular formula is C22H26FN5O3. The fourth-order valence-corrected chi connectivity index (χ4v) is 3.66. The molecule has 9 heteroatoms. The number of amides is 1. The predicted octanol–water partition coefficient (Wildman–Crippen LogP) is 3.99. The summed E-state index contributed by atoms with van der Waals surface area (Å²) in [6, 6.07) is 2.80. The van der Waals surface area contributed by atoms with Gasteiger partial charge in [-0.3, -0.25) is 4.68 Å². The lowest BCUT2D eigenvalue weighted by molar-refractivity contribution is 0.0177. The molecule has 1 aliphatic heterocycles. The lowest BCUT2D eigenvalue weighted by Gasteiger charge is -2.33. The highest BCUT2D eigenvalue weighted by Crippen LogP contribution is 2.26. The fraction of sp³-hybridized carbons (Fsp3) is 0.455. The van der Waals surface area contributed by atoms with Crippen molar-refractivity contribution in [3.05, 3.63) is 36.5 Å². The maximum atomic E-state index is 14.0. The summed E-state index contributed by atoms with van der Waals surface area (Å²) < 4.78 is 21.3. The number of aromatic hydroxyl groups is 1. The summed E-state index contributed by atoms with van der Waals surface area (Å²) in [4.78, 5) is 22.5. The van der Waals surface area contributed by atoms with Gasteiger partial charge in [-0.25, -0.2) is 19.2 Å². The van der Waals surface area contributed by atoms with Crippen LogP contribution in [0, 0.1) is 11.7 Å². The van der Waals surface area contributed by atoms with Crippen LogP contribution in [0.3, 0.4) is 0 Å². The Morgan fingerprint density at radius 2 is 2.00 bits per heavy atom. The van der Waals surface area contributed by atoms with Crippen LogP contribution in [0.25, 0.3) is 22.3 Å². The number of ether oxygens (including phenoxy) is 1. The van der Waals surface area contributed by atoms with Crippen molar-refractivity contribution in [1.29, 1.82) is 0 Å². The molecule has 164 valence electrons. The minimum atomic E-state index is -0.773. The first-order valence-electron chi connectivity index (χ1n) is 10.3. The Bertz CT molecular complexity index is 1100. The second-order valence-corrected chi connectivity index (χ2v) is 8.88. The smallest absolute Gasteiger partial charge is 0.410 e. The molecule has 0 spiro atoms. The van der Waals surface area contributed by atoms with Gasteiger partial charge in [0.1, 0.15) is 11.1 Å². The van der Waals surface area contributed by atoms with Crippen molar-refractivity contribution in [3.63, 3.8) is 0 Å². The van der Waals surface area contributed by atoms with Crippen LogP contribution in [-0.2, 0) is 11.3 Å². The standard InChI is InChI=1S/C22H26FN5O3/c1-22(2,3)31-21(30)27-8-6-14(7-9-27)12-28-13-15(10-25-28)17-11-24-20-16(26-17)4-5-18(29)19(20)23/h4-5,10-11,13-14,29H,6-9,12H2,1-3H3. The third-order valence-electron chi connectivity index (χ3n) is 5.27. The summed E-state index contributed by atoms with van der Waals surface area (Å²) in [7, 11) is 0. The molecule has 3 heterocycles. The summed E-state index contributed by atoms with van der Waals surface area (Å²) in [6.45, 7) is 7.68. The Hall–Kier alpha value is -3.23. The molecular weight excluding hydrogens is 401 g/mol. The number of hydrogen-bond donors (Lipinski definition) is 1. The molecule has 31 heavy (non-hydrogen) atoms. The van der Waals surface area contributed by atoms with Gasteiger partial charge in [-0.1, -0.05) is 0 Å². The Kier molecular flexibility index (Phi) is 5.51. The van der Waals surface area contributed by atoms with Crippen LogP contribution in [0.1, 0.15) is 33.6 Å². The minimum Gasteiger partial charge on any atom is -0.505 e. The number of phenols is 1. The summed E-state index contributed by atoms with van der Waals surface area (Å²) in [5.74, 6) is -0.809. The molecule has 0 unspecified atom stereocenters. The molecule has 1 N–H and O–H groups in total. The second-order valence-electron chi connectivity index (χ2n) is 8.88. The third kappa shape index (κ3) is 4.76. The first-order chi connectivity index (χ1) is 14.7. The summed E-state index contributed by atoms with van der Waals surface area (Å²) in [6.07, 6.45) is 6.59. The van der Waals surface area contributed by atoms with E-state index in [2.05, 4.69) is 15.1 Å². The van der Waals surface area contributed by atoms with E-state index in [1.807, 2.05) is 31.6 Å². The predicted molar refractivity (Wildman–Crippen MR) is 113 cm³/mol. The van der Waals surface area contributed by atoms with Gasteiger partial charge in [0.2, 0.25) is 0 Å². The number of aromatic nitrogens is 4. The zero-order valence-corrected chi connectivity index (χ0v) is 17.9. The van der Waals surface area contributed by atoms with E-state index in [-0.39, 0.29) is 11.6 Å². The van der Waals surface area contributed by atoms with Crippen molar-refractivity contribution in [3.8, 4) is 17.0 Å². The molecule has 1 fully saturated rings. The molecule has 1 amide bonds. The van der Waals surface area contributed by atoms with Crippen LogP contribution in [0.5, 0.6) is 5.75 Å².